The molecular weight excluding hydrogens is 419 g/mol. The molecule has 0 bridgehead atoms. The van der Waals surface area contributed by atoms with E-state index in [4.69, 9.17) is 0 Å². The third-order valence-corrected chi connectivity index (χ3v) is 4.03. The van der Waals surface area contributed by atoms with E-state index in [0.717, 1.165) is 26.5 Å². The molecule has 0 unspecified atom stereocenters. The van der Waals surface area contributed by atoms with Gasteiger partial charge in [-0.3, -0.25) is 0 Å². The van der Waals surface area contributed by atoms with Crippen LogP contribution in [0.1, 0.15) is 0 Å². The van der Waals surface area contributed by atoms with Crippen LogP contribution in [0.25, 0.3) is 11.3 Å². The standard InChI is InChI=1S/C15H10BrFN2S.BrH/c16-11-3-7-13(8-4-11)18-15-19-14(9-20-15)10-1-5-12(17)6-2-10;/h1-9H,(H,18,19);1H. The highest BCUT2D eigenvalue weighted by molar-refractivity contribution is 9.10. The number of hydrogen-bond donors (Lipinski definition) is 1. The van der Waals surface area contributed by atoms with E-state index in [1.54, 1.807) is 12.1 Å². The van der Waals surface area contributed by atoms with Gasteiger partial charge in [0.2, 0.25) is 0 Å². The van der Waals surface area contributed by atoms with E-state index in [2.05, 4.69) is 26.2 Å². The molecule has 21 heavy (non-hydrogen) atoms. The molecule has 0 aliphatic carbocycles. The van der Waals surface area contributed by atoms with Gasteiger partial charge in [0.15, 0.2) is 5.13 Å². The Kier molecular flexibility index (Phi) is 5.50. The summed E-state index contributed by atoms with van der Waals surface area (Å²) in [6.07, 6.45) is 0. The van der Waals surface area contributed by atoms with Gasteiger partial charge in [-0.25, -0.2) is 9.37 Å². The highest BCUT2D eigenvalue weighted by atomic mass is 79.9. The van der Waals surface area contributed by atoms with Crippen molar-refractivity contribution in [3.63, 3.8) is 0 Å². The lowest BCUT2D eigenvalue weighted by atomic mass is 10.2. The Hall–Kier alpha value is -1.24. The summed E-state index contributed by atoms with van der Waals surface area (Å²) in [4.78, 5) is 4.50. The molecule has 0 spiro atoms. The highest BCUT2D eigenvalue weighted by Gasteiger charge is 2.05. The van der Waals surface area contributed by atoms with E-state index in [1.165, 1.54) is 23.5 Å². The summed E-state index contributed by atoms with van der Waals surface area (Å²) in [7, 11) is 0. The zero-order valence-corrected chi connectivity index (χ0v) is 14.8. The van der Waals surface area contributed by atoms with Crippen molar-refractivity contribution in [1.29, 1.82) is 0 Å². The summed E-state index contributed by atoms with van der Waals surface area (Å²) < 4.78 is 13.9. The lowest BCUT2D eigenvalue weighted by molar-refractivity contribution is 0.628. The van der Waals surface area contributed by atoms with Crippen LogP contribution in [0.5, 0.6) is 0 Å². The number of anilines is 2. The van der Waals surface area contributed by atoms with Gasteiger partial charge >= 0.3 is 0 Å². The number of hydrogen-bond acceptors (Lipinski definition) is 3. The topological polar surface area (TPSA) is 24.9 Å². The monoisotopic (exact) mass is 428 g/mol. The maximum atomic E-state index is 12.9. The summed E-state index contributed by atoms with van der Waals surface area (Å²) in [5.41, 5.74) is 2.73. The fourth-order valence-electron chi connectivity index (χ4n) is 1.74. The second-order valence-corrected chi connectivity index (χ2v) is 5.95. The molecule has 0 atom stereocenters. The zero-order chi connectivity index (χ0) is 13.9. The molecule has 0 aliphatic heterocycles. The Labute approximate surface area is 145 Å². The van der Waals surface area contributed by atoms with Crippen LogP contribution in [-0.4, -0.2) is 4.98 Å². The molecule has 1 heterocycles. The normalized spacial score (nSPS) is 10.0. The molecule has 3 aromatic rings. The molecule has 1 aromatic heterocycles. The zero-order valence-electron chi connectivity index (χ0n) is 10.7. The van der Waals surface area contributed by atoms with Gasteiger partial charge in [0.25, 0.3) is 0 Å². The van der Waals surface area contributed by atoms with Crippen LogP contribution in [0.2, 0.25) is 0 Å². The summed E-state index contributed by atoms with van der Waals surface area (Å²) in [6.45, 7) is 0. The van der Waals surface area contributed by atoms with Crippen LogP contribution in [0.4, 0.5) is 15.2 Å². The second kappa shape index (κ2) is 7.15. The molecule has 0 radical (unpaired) electrons. The fraction of sp³-hybridized carbons (Fsp3) is 0. The Morgan fingerprint density at radius 3 is 2.33 bits per heavy atom. The first kappa shape index (κ1) is 16.1. The van der Waals surface area contributed by atoms with E-state index in [9.17, 15) is 4.39 Å². The van der Waals surface area contributed by atoms with Crippen molar-refractivity contribution in [2.24, 2.45) is 0 Å². The van der Waals surface area contributed by atoms with Gasteiger partial charge in [0.05, 0.1) is 5.69 Å². The van der Waals surface area contributed by atoms with Crippen molar-refractivity contribution in [2.75, 3.05) is 5.32 Å². The first-order valence-electron chi connectivity index (χ1n) is 5.95. The average Bonchev–Trinajstić information content (AvgIpc) is 2.91. The Morgan fingerprint density at radius 2 is 1.67 bits per heavy atom. The molecule has 3 rings (SSSR count). The van der Waals surface area contributed by atoms with Crippen LogP contribution in [-0.2, 0) is 0 Å². The predicted octanol–water partition coefficient (Wildman–Crippen LogP) is 6.03. The lowest BCUT2D eigenvalue weighted by Gasteiger charge is -2.02. The quantitative estimate of drug-likeness (QED) is 0.549. The van der Waals surface area contributed by atoms with Gasteiger partial charge < -0.3 is 5.32 Å². The number of halogens is 3. The first-order valence-corrected chi connectivity index (χ1v) is 7.62. The SMILES string of the molecule is Br.Fc1ccc(-c2csc(Nc3ccc(Br)cc3)n2)cc1. The van der Waals surface area contributed by atoms with Gasteiger partial charge in [-0.1, -0.05) is 15.9 Å². The Balaban J connectivity index is 0.00000161. The van der Waals surface area contributed by atoms with Crippen molar-refractivity contribution >= 4 is 55.1 Å². The van der Waals surface area contributed by atoms with Crippen molar-refractivity contribution in [2.45, 2.75) is 0 Å². The number of benzene rings is 2. The third kappa shape index (κ3) is 4.12. The van der Waals surface area contributed by atoms with Crippen LogP contribution >= 0.6 is 44.2 Å². The van der Waals surface area contributed by atoms with E-state index < -0.39 is 0 Å². The van der Waals surface area contributed by atoms with Crippen molar-refractivity contribution in [3.05, 3.63) is 64.2 Å². The number of aromatic nitrogens is 1. The largest absolute Gasteiger partial charge is 0.332 e. The third-order valence-electron chi connectivity index (χ3n) is 2.74. The van der Waals surface area contributed by atoms with Gasteiger partial charge in [0, 0.05) is 21.1 Å². The van der Waals surface area contributed by atoms with Crippen molar-refractivity contribution < 1.29 is 4.39 Å². The maximum absolute atomic E-state index is 12.9. The summed E-state index contributed by atoms with van der Waals surface area (Å²) >= 11 is 4.92. The fourth-order valence-corrected chi connectivity index (χ4v) is 2.75. The first-order chi connectivity index (χ1) is 9.70. The molecule has 2 nitrogen and oxygen atoms in total. The van der Waals surface area contributed by atoms with Gasteiger partial charge in [-0.05, 0) is 48.5 Å². The molecule has 0 amide bonds. The number of nitrogens with zero attached hydrogens (tertiary/aromatic N) is 1. The van der Waals surface area contributed by atoms with Crippen LogP contribution in [0, 0.1) is 5.82 Å². The van der Waals surface area contributed by atoms with E-state index in [0.29, 0.717) is 0 Å². The Morgan fingerprint density at radius 1 is 1.00 bits per heavy atom. The second-order valence-electron chi connectivity index (χ2n) is 4.18. The van der Waals surface area contributed by atoms with E-state index in [1.807, 2.05) is 29.6 Å². The number of rotatable bonds is 3. The number of thiazole rings is 1. The molecule has 2 aromatic carbocycles. The van der Waals surface area contributed by atoms with Crippen molar-refractivity contribution in [3.8, 4) is 11.3 Å². The molecule has 6 heteroatoms. The Bertz CT molecular complexity index is 711. The smallest absolute Gasteiger partial charge is 0.187 e. The number of nitrogens with one attached hydrogen (secondary N) is 1. The van der Waals surface area contributed by atoms with Crippen LogP contribution < -0.4 is 5.32 Å². The molecule has 0 aliphatic rings. The minimum absolute atomic E-state index is 0. The maximum Gasteiger partial charge on any atom is 0.187 e. The van der Waals surface area contributed by atoms with Gasteiger partial charge in [0.1, 0.15) is 5.82 Å². The minimum atomic E-state index is -0.239. The minimum Gasteiger partial charge on any atom is -0.332 e. The molecular formula is C15H11Br2FN2S. The lowest BCUT2D eigenvalue weighted by Crippen LogP contribution is -1.89. The van der Waals surface area contributed by atoms with Crippen LogP contribution in [0.15, 0.2) is 58.4 Å². The summed E-state index contributed by atoms with van der Waals surface area (Å²) in [5, 5.41) is 6.01. The van der Waals surface area contributed by atoms with E-state index in [-0.39, 0.29) is 22.8 Å². The molecule has 0 saturated heterocycles. The van der Waals surface area contributed by atoms with Gasteiger partial charge in [-0.2, -0.15) is 0 Å². The summed E-state index contributed by atoms with van der Waals surface area (Å²) in [5.74, 6) is -0.239. The molecule has 0 saturated carbocycles. The van der Waals surface area contributed by atoms with Crippen LogP contribution in [0.3, 0.4) is 0 Å². The average molecular weight is 430 g/mol. The highest BCUT2D eigenvalue weighted by Crippen LogP contribution is 2.27. The van der Waals surface area contributed by atoms with Gasteiger partial charge in [-0.15, -0.1) is 28.3 Å². The molecule has 0 fully saturated rings. The van der Waals surface area contributed by atoms with E-state index >= 15 is 0 Å². The summed E-state index contributed by atoms with van der Waals surface area (Å²) in [6, 6.07) is 14.2. The predicted molar refractivity (Wildman–Crippen MR) is 95.3 cm³/mol. The molecule has 1 N–H and O–H groups in total. The van der Waals surface area contributed by atoms with Crippen molar-refractivity contribution in [1.82, 2.24) is 4.98 Å². The molecule has 108 valence electrons.